The number of aromatic carboxylic acids is 1. The molecule has 15 heavy (non-hydrogen) atoms. The summed E-state index contributed by atoms with van der Waals surface area (Å²) in [4.78, 5) is 10.8. The Kier molecular flexibility index (Phi) is 2.56. The number of carbonyl (C=O) groups is 1. The topological polar surface area (TPSA) is 52.7 Å². The van der Waals surface area contributed by atoms with Crippen LogP contribution in [0.25, 0.3) is 5.57 Å². The number of hydrogen-bond donors (Lipinski definition) is 0. The van der Waals surface area contributed by atoms with Crippen molar-refractivity contribution in [3.8, 4) is 0 Å². The Morgan fingerprint density at radius 1 is 1.47 bits per heavy atom. The average molecular weight is 203 g/mol. The van der Waals surface area contributed by atoms with E-state index in [1.54, 1.807) is 18.2 Å². The molecule has 3 heteroatoms. The smallest absolute Gasteiger partial charge is 0.0850 e. The van der Waals surface area contributed by atoms with Crippen LogP contribution in [0.3, 0.4) is 0 Å². The summed E-state index contributed by atoms with van der Waals surface area (Å²) in [5, 5.41) is 10.8. The molecule has 0 N–H and O–H groups in total. The molecule has 0 aromatic heterocycles. The van der Waals surface area contributed by atoms with E-state index in [0.29, 0.717) is 12.0 Å². The number of rotatable bonds is 4. The first kappa shape index (κ1) is 9.93. The van der Waals surface area contributed by atoms with Crippen LogP contribution in [0.4, 0.5) is 0 Å². The normalized spacial score (nSPS) is 18.5. The van der Waals surface area contributed by atoms with Crippen LogP contribution >= 0.6 is 0 Å². The fourth-order valence-corrected chi connectivity index (χ4v) is 1.54. The molecule has 1 aliphatic rings. The first-order valence-corrected chi connectivity index (χ1v) is 4.78. The van der Waals surface area contributed by atoms with E-state index < -0.39 is 5.97 Å². The highest BCUT2D eigenvalue weighted by Gasteiger charge is 2.24. The van der Waals surface area contributed by atoms with Crippen LogP contribution < -0.4 is 5.11 Å². The number of ether oxygens (including phenoxy) is 1. The van der Waals surface area contributed by atoms with Crippen molar-refractivity contribution in [1.82, 2.24) is 0 Å². The second-order valence-electron chi connectivity index (χ2n) is 3.60. The summed E-state index contributed by atoms with van der Waals surface area (Å²) in [5.41, 5.74) is 1.63. The van der Waals surface area contributed by atoms with Gasteiger partial charge in [-0.15, -0.1) is 0 Å². The van der Waals surface area contributed by atoms with Gasteiger partial charge in [0.2, 0.25) is 0 Å². The number of hydrogen-bond acceptors (Lipinski definition) is 3. The van der Waals surface area contributed by atoms with E-state index in [4.69, 9.17) is 4.74 Å². The second kappa shape index (κ2) is 3.87. The van der Waals surface area contributed by atoms with Crippen LogP contribution in [0.2, 0.25) is 0 Å². The van der Waals surface area contributed by atoms with Crippen molar-refractivity contribution in [1.29, 1.82) is 0 Å². The molecule has 1 aromatic carbocycles. The molecule has 0 saturated carbocycles. The maximum atomic E-state index is 10.8. The van der Waals surface area contributed by atoms with E-state index in [1.807, 2.05) is 0 Å². The number of carbonyl (C=O) groups excluding carboxylic acids is 1. The van der Waals surface area contributed by atoms with E-state index in [2.05, 4.69) is 6.58 Å². The molecule has 0 aliphatic carbocycles. The van der Waals surface area contributed by atoms with Crippen LogP contribution in [-0.4, -0.2) is 18.7 Å². The zero-order valence-electron chi connectivity index (χ0n) is 8.23. The van der Waals surface area contributed by atoms with Gasteiger partial charge in [0.1, 0.15) is 0 Å². The zero-order valence-corrected chi connectivity index (χ0v) is 8.23. The van der Waals surface area contributed by atoms with Gasteiger partial charge in [-0.25, -0.2) is 0 Å². The summed E-state index contributed by atoms with van der Waals surface area (Å²) in [6, 6.07) is 6.75. The molecule has 1 aliphatic heterocycles. The SMILES string of the molecule is C=C(CC1CO1)c1ccccc1C(=O)[O-]. The summed E-state index contributed by atoms with van der Waals surface area (Å²) >= 11 is 0. The van der Waals surface area contributed by atoms with Crippen LogP contribution in [0, 0.1) is 0 Å². The Bertz CT molecular complexity index is 405. The third-order valence-electron chi connectivity index (χ3n) is 2.40. The molecule has 0 bridgehead atoms. The molecule has 1 fully saturated rings. The van der Waals surface area contributed by atoms with Gasteiger partial charge in [0, 0.05) is 12.0 Å². The first-order chi connectivity index (χ1) is 7.18. The second-order valence-corrected chi connectivity index (χ2v) is 3.60. The molecular formula is C12H11O3-. The predicted octanol–water partition coefficient (Wildman–Crippen LogP) is 0.852. The Morgan fingerprint density at radius 2 is 2.07 bits per heavy atom. The molecule has 1 atom stereocenters. The summed E-state index contributed by atoms with van der Waals surface area (Å²) < 4.78 is 5.08. The minimum Gasteiger partial charge on any atom is -0.545 e. The largest absolute Gasteiger partial charge is 0.545 e. The third kappa shape index (κ3) is 2.25. The lowest BCUT2D eigenvalue weighted by molar-refractivity contribution is -0.255. The molecule has 0 radical (unpaired) electrons. The van der Waals surface area contributed by atoms with Gasteiger partial charge < -0.3 is 14.6 Å². The van der Waals surface area contributed by atoms with Crippen molar-refractivity contribution in [2.24, 2.45) is 0 Å². The molecule has 1 aromatic rings. The quantitative estimate of drug-likeness (QED) is 0.682. The molecule has 1 heterocycles. The Morgan fingerprint density at radius 3 is 2.60 bits per heavy atom. The van der Waals surface area contributed by atoms with Gasteiger partial charge in [-0.05, 0) is 11.1 Å². The fourth-order valence-electron chi connectivity index (χ4n) is 1.54. The minimum absolute atomic E-state index is 0.197. The Hall–Kier alpha value is -1.61. The maximum Gasteiger partial charge on any atom is 0.0850 e. The van der Waals surface area contributed by atoms with Gasteiger partial charge in [0.15, 0.2) is 0 Å². The number of carboxylic acid groups (broad SMARTS) is 1. The van der Waals surface area contributed by atoms with Crippen molar-refractivity contribution in [3.05, 3.63) is 42.0 Å². The molecule has 0 spiro atoms. The van der Waals surface area contributed by atoms with Gasteiger partial charge >= 0.3 is 0 Å². The molecule has 2 rings (SSSR count). The zero-order chi connectivity index (χ0) is 10.8. The van der Waals surface area contributed by atoms with E-state index in [0.717, 1.165) is 12.2 Å². The van der Waals surface area contributed by atoms with E-state index >= 15 is 0 Å². The van der Waals surface area contributed by atoms with Gasteiger partial charge in [0.25, 0.3) is 0 Å². The summed E-state index contributed by atoms with van der Waals surface area (Å²) in [7, 11) is 0. The summed E-state index contributed by atoms with van der Waals surface area (Å²) in [6.45, 7) is 4.62. The first-order valence-electron chi connectivity index (χ1n) is 4.78. The molecular weight excluding hydrogens is 192 g/mol. The van der Waals surface area contributed by atoms with Crippen molar-refractivity contribution in [2.75, 3.05) is 6.61 Å². The van der Waals surface area contributed by atoms with Gasteiger partial charge in [-0.3, -0.25) is 0 Å². The number of epoxide rings is 1. The van der Waals surface area contributed by atoms with Crippen molar-refractivity contribution < 1.29 is 14.6 Å². The summed E-state index contributed by atoms with van der Waals surface area (Å²) in [5.74, 6) is -1.16. The fraction of sp³-hybridized carbons (Fsp3) is 0.250. The Labute approximate surface area is 88.0 Å². The predicted molar refractivity (Wildman–Crippen MR) is 54.2 cm³/mol. The lowest BCUT2D eigenvalue weighted by Gasteiger charge is -2.11. The van der Waals surface area contributed by atoms with E-state index in [9.17, 15) is 9.90 Å². The van der Waals surface area contributed by atoms with Gasteiger partial charge in [-0.1, -0.05) is 30.8 Å². The van der Waals surface area contributed by atoms with Gasteiger partial charge in [0.05, 0.1) is 18.7 Å². The Balaban J connectivity index is 2.24. The van der Waals surface area contributed by atoms with Crippen molar-refractivity contribution in [3.63, 3.8) is 0 Å². The lowest BCUT2D eigenvalue weighted by Crippen LogP contribution is -2.23. The average Bonchev–Trinajstić information content (AvgIpc) is 3.01. The van der Waals surface area contributed by atoms with Crippen LogP contribution in [-0.2, 0) is 4.74 Å². The molecule has 1 saturated heterocycles. The molecule has 1 unspecified atom stereocenters. The third-order valence-corrected chi connectivity index (χ3v) is 2.40. The lowest BCUT2D eigenvalue weighted by atomic mass is 9.98. The molecule has 78 valence electrons. The van der Waals surface area contributed by atoms with Crippen molar-refractivity contribution in [2.45, 2.75) is 12.5 Å². The number of benzene rings is 1. The van der Waals surface area contributed by atoms with Gasteiger partial charge in [-0.2, -0.15) is 0 Å². The van der Waals surface area contributed by atoms with Crippen LogP contribution in [0.15, 0.2) is 30.8 Å². The monoisotopic (exact) mass is 203 g/mol. The van der Waals surface area contributed by atoms with E-state index in [1.165, 1.54) is 6.07 Å². The summed E-state index contributed by atoms with van der Waals surface area (Å²) in [6.07, 6.45) is 0.900. The standard InChI is InChI=1S/C12H12O3/c1-8(6-9-7-15-9)10-4-2-3-5-11(10)12(13)14/h2-5,9H,1,6-7H2,(H,13,14)/p-1. The maximum absolute atomic E-state index is 10.8. The highest BCUT2D eigenvalue weighted by molar-refractivity contribution is 5.92. The molecule has 3 nitrogen and oxygen atoms in total. The van der Waals surface area contributed by atoms with E-state index in [-0.39, 0.29) is 11.7 Å². The van der Waals surface area contributed by atoms with Crippen LogP contribution in [0.5, 0.6) is 0 Å². The number of carboxylic acids is 1. The van der Waals surface area contributed by atoms with Crippen molar-refractivity contribution >= 4 is 11.5 Å². The molecule has 0 amide bonds. The van der Waals surface area contributed by atoms with Crippen LogP contribution in [0.1, 0.15) is 22.3 Å². The minimum atomic E-state index is -1.16. The highest BCUT2D eigenvalue weighted by Crippen LogP contribution is 2.26. The highest BCUT2D eigenvalue weighted by atomic mass is 16.6.